The van der Waals surface area contributed by atoms with Crippen molar-refractivity contribution >= 4 is 0 Å². The van der Waals surface area contributed by atoms with Crippen LogP contribution in [0, 0.1) is 5.92 Å². The summed E-state index contributed by atoms with van der Waals surface area (Å²) in [5.41, 5.74) is 0. The Morgan fingerprint density at radius 3 is 2.47 bits per heavy atom. The molecule has 15 heavy (non-hydrogen) atoms. The molecule has 0 amide bonds. The van der Waals surface area contributed by atoms with E-state index in [-0.39, 0.29) is 6.61 Å². The second kappa shape index (κ2) is 5.70. The van der Waals surface area contributed by atoms with Crippen LogP contribution in [0.3, 0.4) is 0 Å². The predicted octanol–water partition coefficient (Wildman–Crippen LogP) is 2.51. The van der Waals surface area contributed by atoms with E-state index in [0.29, 0.717) is 18.8 Å². The van der Waals surface area contributed by atoms with E-state index in [4.69, 9.17) is 0 Å². The molecule has 1 N–H and O–H groups in total. The minimum atomic E-state index is -4.26. The summed E-state index contributed by atoms with van der Waals surface area (Å²) in [5.74, 6) is 0.572. The highest BCUT2D eigenvalue weighted by atomic mass is 19.4. The lowest BCUT2D eigenvalue weighted by Gasteiger charge is -2.27. The zero-order valence-corrected chi connectivity index (χ0v) is 8.59. The molecule has 1 atom stereocenters. The Bertz CT molecular complexity index is 178. The lowest BCUT2D eigenvalue weighted by molar-refractivity contribution is -0.175. The fraction of sp³-hybridized carbons (Fsp3) is 1.00. The Kier molecular flexibility index (Phi) is 4.86. The fourth-order valence-corrected chi connectivity index (χ4v) is 1.64. The van der Waals surface area contributed by atoms with Crippen molar-refractivity contribution < 1.29 is 23.0 Å². The van der Waals surface area contributed by atoms with Crippen molar-refractivity contribution in [1.82, 2.24) is 0 Å². The molecule has 0 saturated heterocycles. The first-order chi connectivity index (χ1) is 6.97. The number of rotatable bonds is 6. The lowest BCUT2D eigenvalue weighted by Crippen LogP contribution is -2.22. The molecule has 1 rings (SSSR count). The minimum Gasteiger partial charge on any atom is -0.393 e. The SMILES string of the molecule is OC(CCOCC(F)(F)F)CC1CCC1. The molecule has 0 aromatic carbocycles. The Morgan fingerprint density at radius 2 is 2.00 bits per heavy atom. The summed E-state index contributed by atoms with van der Waals surface area (Å²) in [6, 6.07) is 0. The van der Waals surface area contributed by atoms with Gasteiger partial charge in [0.2, 0.25) is 0 Å². The zero-order valence-electron chi connectivity index (χ0n) is 8.59. The van der Waals surface area contributed by atoms with Crippen LogP contribution in [0.25, 0.3) is 0 Å². The van der Waals surface area contributed by atoms with Crippen molar-refractivity contribution in [3.63, 3.8) is 0 Å². The number of halogens is 3. The number of hydrogen-bond acceptors (Lipinski definition) is 2. The zero-order chi connectivity index (χ0) is 11.3. The van der Waals surface area contributed by atoms with Crippen LogP contribution in [0.2, 0.25) is 0 Å². The molecule has 1 aliphatic carbocycles. The van der Waals surface area contributed by atoms with E-state index in [1.807, 2.05) is 0 Å². The number of ether oxygens (including phenoxy) is 1. The van der Waals surface area contributed by atoms with Gasteiger partial charge in [-0.05, 0) is 18.8 Å². The van der Waals surface area contributed by atoms with Crippen molar-refractivity contribution in [1.29, 1.82) is 0 Å². The molecule has 0 aromatic rings. The largest absolute Gasteiger partial charge is 0.411 e. The van der Waals surface area contributed by atoms with Gasteiger partial charge in [0.25, 0.3) is 0 Å². The quantitative estimate of drug-likeness (QED) is 0.705. The molecule has 0 aliphatic heterocycles. The smallest absolute Gasteiger partial charge is 0.393 e. The minimum absolute atomic E-state index is 0.0204. The monoisotopic (exact) mass is 226 g/mol. The summed E-state index contributed by atoms with van der Waals surface area (Å²) in [4.78, 5) is 0. The first-order valence-corrected chi connectivity index (χ1v) is 5.30. The third kappa shape index (κ3) is 5.99. The van der Waals surface area contributed by atoms with Crippen LogP contribution in [0.15, 0.2) is 0 Å². The normalized spacial score (nSPS) is 20.0. The van der Waals surface area contributed by atoms with E-state index >= 15 is 0 Å². The van der Waals surface area contributed by atoms with Gasteiger partial charge < -0.3 is 9.84 Å². The van der Waals surface area contributed by atoms with E-state index in [1.54, 1.807) is 0 Å². The molecule has 0 aromatic heterocycles. The standard InChI is InChI=1S/C10H17F3O2/c11-10(12,13)7-15-5-4-9(14)6-8-2-1-3-8/h8-9,14H,1-7H2. The number of aliphatic hydroxyl groups excluding tert-OH is 1. The molecule has 0 spiro atoms. The van der Waals surface area contributed by atoms with Gasteiger partial charge in [-0.1, -0.05) is 19.3 Å². The van der Waals surface area contributed by atoms with Crippen LogP contribution in [-0.4, -0.2) is 30.6 Å². The summed E-state index contributed by atoms with van der Waals surface area (Å²) >= 11 is 0. The van der Waals surface area contributed by atoms with Gasteiger partial charge in [-0.15, -0.1) is 0 Å². The molecule has 1 fully saturated rings. The molecule has 0 heterocycles. The first kappa shape index (κ1) is 12.8. The van der Waals surface area contributed by atoms with Crippen LogP contribution in [-0.2, 0) is 4.74 Å². The van der Waals surface area contributed by atoms with Crippen molar-refractivity contribution in [2.75, 3.05) is 13.2 Å². The van der Waals surface area contributed by atoms with E-state index in [2.05, 4.69) is 4.74 Å². The molecule has 0 bridgehead atoms. The van der Waals surface area contributed by atoms with Crippen molar-refractivity contribution in [2.45, 2.75) is 44.4 Å². The molecule has 0 radical (unpaired) electrons. The Morgan fingerprint density at radius 1 is 1.33 bits per heavy atom. The van der Waals surface area contributed by atoms with Gasteiger partial charge in [-0.3, -0.25) is 0 Å². The Balaban J connectivity index is 1.94. The summed E-state index contributed by atoms with van der Waals surface area (Å²) in [7, 11) is 0. The van der Waals surface area contributed by atoms with E-state index in [9.17, 15) is 18.3 Å². The molecule has 2 nitrogen and oxygen atoms in total. The predicted molar refractivity (Wildman–Crippen MR) is 49.5 cm³/mol. The number of aliphatic hydroxyl groups is 1. The van der Waals surface area contributed by atoms with Crippen LogP contribution >= 0.6 is 0 Å². The van der Waals surface area contributed by atoms with Gasteiger partial charge in [0.1, 0.15) is 6.61 Å². The van der Waals surface area contributed by atoms with Gasteiger partial charge in [-0.2, -0.15) is 13.2 Å². The number of hydrogen-bond donors (Lipinski definition) is 1. The third-order valence-electron chi connectivity index (χ3n) is 2.69. The third-order valence-corrected chi connectivity index (χ3v) is 2.69. The summed E-state index contributed by atoms with van der Waals surface area (Å²) in [6.07, 6.45) is -0.285. The van der Waals surface area contributed by atoms with Crippen LogP contribution in [0.4, 0.5) is 13.2 Å². The number of alkyl halides is 3. The maximum atomic E-state index is 11.7. The highest BCUT2D eigenvalue weighted by Gasteiger charge is 2.27. The molecule has 1 aliphatic rings. The van der Waals surface area contributed by atoms with Crippen LogP contribution in [0.1, 0.15) is 32.1 Å². The van der Waals surface area contributed by atoms with Crippen LogP contribution < -0.4 is 0 Å². The molecule has 1 unspecified atom stereocenters. The molecular formula is C10H17F3O2. The highest BCUT2D eigenvalue weighted by molar-refractivity contribution is 4.72. The summed E-state index contributed by atoms with van der Waals surface area (Å²) < 4.78 is 39.4. The topological polar surface area (TPSA) is 29.5 Å². The average Bonchev–Trinajstić information content (AvgIpc) is 2.04. The molecule has 1 saturated carbocycles. The van der Waals surface area contributed by atoms with Crippen LogP contribution in [0.5, 0.6) is 0 Å². The van der Waals surface area contributed by atoms with Crippen molar-refractivity contribution in [2.24, 2.45) is 5.92 Å². The summed E-state index contributed by atoms with van der Waals surface area (Å²) in [5, 5.41) is 9.45. The van der Waals surface area contributed by atoms with E-state index < -0.39 is 18.9 Å². The highest BCUT2D eigenvalue weighted by Crippen LogP contribution is 2.30. The summed E-state index contributed by atoms with van der Waals surface area (Å²) in [6.45, 7) is -1.24. The van der Waals surface area contributed by atoms with Gasteiger partial charge in [0.15, 0.2) is 0 Å². The van der Waals surface area contributed by atoms with Gasteiger partial charge in [-0.25, -0.2) is 0 Å². The maximum Gasteiger partial charge on any atom is 0.411 e. The van der Waals surface area contributed by atoms with Gasteiger partial charge >= 0.3 is 6.18 Å². The molecule has 5 heteroatoms. The molecular weight excluding hydrogens is 209 g/mol. The van der Waals surface area contributed by atoms with E-state index in [0.717, 1.165) is 12.8 Å². The van der Waals surface area contributed by atoms with Gasteiger partial charge in [0.05, 0.1) is 6.10 Å². The lowest BCUT2D eigenvalue weighted by atomic mass is 9.81. The first-order valence-electron chi connectivity index (χ1n) is 5.30. The second-order valence-electron chi connectivity index (χ2n) is 4.14. The average molecular weight is 226 g/mol. The fourth-order valence-electron chi connectivity index (χ4n) is 1.64. The second-order valence-corrected chi connectivity index (χ2v) is 4.14. The van der Waals surface area contributed by atoms with E-state index in [1.165, 1.54) is 6.42 Å². The van der Waals surface area contributed by atoms with Crippen molar-refractivity contribution in [3.05, 3.63) is 0 Å². The maximum absolute atomic E-state index is 11.7. The Hall–Kier alpha value is -0.290. The molecule has 90 valence electrons. The Labute approximate surface area is 87.4 Å². The van der Waals surface area contributed by atoms with Crippen molar-refractivity contribution in [3.8, 4) is 0 Å². The van der Waals surface area contributed by atoms with Gasteiger partial charge in [0, 0.05) is 6.61 Å².